The van der Waals surface area contributed by atoms with Gasteiger partial charge in [-0.05, 0) is 25.0 Å². The van der Waals surface area contributed by atoms with Gasteiger partial charge in [0, 0.05) is 12.3 Å². The van der Waals surface area contributed by atoms with E-state index in [1.54, 1.807) is 11.8 Å². The molecule has 17 heavy (non-hydrogen) atoms. The van der Waals surface area contributed by atoms with Crippen LogP contribution in [0.3, 0.4) is 0 Å². The minimum absolute atomic E-state index is 0.0495. The van der Waals surface area contributed by atoms with E-state index in [0.29, 0.717) is 11.8 Å². The van der Waals surface area contributed by atoms with Gasteiger partial charge in [0.05, 0.1) is 12.2 Å². The van der Waals surface area contributed by atoms with Crippen LogP contribution in [0.4, 0.5) is 0 Å². The first-order valence-electron chi connectivity index (χ1n) is 6.65. The number of hydrogen-bond donors (Lipinski definition) is 1. The zero-order valence-corrected chi connectivity index (χ0v) is 12.3. The van der Waals surface area contributed by atoms with Crippen LogP contribution in [0.5, 0.6) is 0 Å². The van der Waals surface area contributed by atoms with Crippen molar-refractivity contribution in [1.29, 1.82) is 0 Å². The van der Waals surface area contributed by atoms with Crippen LogP contribution in [-0.2, 0) is 4.79 Å². The third-order valence-electron chi connectivity index (χ3n) is 3.16. The lowest BCUT2D eigenvalue weighted by molar-refractivity contribution is -0.130. The molecule has 4 heteroatoms. The molecule has 3 nitrogen and oxygen atoms in total. The Balaban J connectivity index is 2.60. The zero-order chi connectivity index (χ0) is 12.8. The lowest BCUT2D eigenvalue weighted by Crippen LogP contribution is -2.38. The summed E-state index contributed by atoms with van der Waals surface area (Å²) >= 11 is 1.80. The Kier molecular flexibility index (Phi) is 6.34. The first kappa shape index (κ1) is 14.8. The Labute approximate surface area is 110 Å². The standard InChI is InChI=1S/C13H26N2OS/c1-5-6-12-14-11(9-10(2)3)13(16)15(12)7-8-17-4/h10-12,14H,5-9H2,1-4H3. The number of thioether (sulfide) groups is 1. The quantitative estimate of drug-likeness (QED) is 0.760. The number of nitrogens with one attached hydrogen (secondary N) is 1. The van der Waals surface area contributed by atoms with Crippen molar-refractivity contribution in [1.82, 2.24) is 10.2 Å². The number of nitrogens with zero attached hydrogens (tertiary/aromatic N) is 1. The highest BCUT2D eigenvalue weighted by molar-refractivity contribution is 7.98. The van der Waals surface area contributed by atoms with Crippen LogP contribution in [0.15, 0.2) is 0 Å². The molecule has 1 amide bonds. The van der Waals surface area contributed by atoms with E-state index < -0.39 is 0 Å². The molecule has 0 aliphatic carbocycles. The van der Waals surface area contributed by atoms with Crippen molar-refractivity contribution in [3.05, 3.63) is 0 Å². The van der Waals surface area contributed by atoms with Gasteiger partial charge >= 0.3 is 0 Å². The van der Waals surface area contributed by atoms with E-state index in [-0.39, 0.29) is 12.2 Å². The van der Waals surface area contributed by atoms with Crippen molar-refractivity contribution < 1.29 is 4.79 Å². The summed E-state index contributed by atoms with van der Waals surface area (Å²) in [4.78, 5) is 14.3. The molecule has 2 atom stereocenters. The molecule has 1 aliphatic rings. The molecule has 0 aromatic rings. The van der Waals surface area contributed by atoms with Crippen molar-refractivity contribution in [2.75, 3.05) is 18.6 Å². The van der Waals surface area contributed by atoms with Gasteiger partial charge in [0.1, 0.15) is 0 Å². The van der Waals surface area contributed by atoms with Gasteiger partial charge < -0.3 is 4.90 Å². The second kappa shape index (κ2) is 7.27. The van der Waals surface area contributed by atoms with Gasteiger partial charge in [0.15, 0.2) is 0 Å². The van der Waals surface area contributed by atoms with E-state index >= 15 is 0 Å². The highest BCUT2D eigenvalue weighted by Gasteiger charge is 2.37. The first-order valence-corrected chi connectivity index (χ1v) is 8.05. The monoisotopic (exact) mass is 258 g/mol. The molecule has 1 fully saturated rings. The number of carbonyl (C=O) groups is 1. The highest BCUT2D eigenvalue weighted by Crippen LogP contribution is 2.20. The molecule has 1 heterocycles. The fourth-order valence-corrected chi connectivity index (χ4v) is 2.74. The second-order valence-corrected chi connectivity index (χ2v) is 6.16. The van der Waals surface area contributed by atoms with Crippen molar-refractivity contribution in [3.8, 4) is 0 Å². The summed E-state index contributed by atoms with van der Waals surface area (Å²) in [6.45, 7) is 7.41. The average Bonchev–Trinajstić information content (AvgIpc) is 2.53. The first-order chi connectivity index (χ1) is 8.10. The van der Waals surface area contributed by atoms with Crippen LogP contribution in [-0.4, -0.2) is 41.6 Å². The molecule has 100 valence electrons. The topological polar surface area (TPSA) is 32.3 Å². The summed E-state index contributed by atoms with van der Waals surface area (Å²) in [6.07, 6.45) is 5.50. The van der Waals surface area contributed by atoms with Crippen LogP contribution >= 0.6 is 11.8 Å². The predicted octanol–water partition coefficient (Wildman–Crippen LogP) is 2.32. The summed E-state index contributed by atoms with van der Waals surface area (Å²) in [5.74, 6) is 1.91. The van der Waals surface area contributed by atoms with Gasteiger partial charge in [-0.3, -0.25) is 10.1 Å². The van der Waals surface area contributed by atoms with Gasteiger partial charge in [0.2, 0.25) is 5.91 Å². The van der Waals surface area contributed by atoms with Crippen LogP contribution in [0.1, 0.15) is 40.0 Å². The smallest absolute Gasteiger partial charge is 0.241 e. The van der Waals surface area contributed by atoms with Gasteiger partial charge in [0.25, 0.3) is 0 Å². The van der Waals surface area contributed by atoms with Crippen LogP contribution in [0.2, 0.25) is 0 Å². The molecule has 0 aromatic carbocycles. The molecule has 0 spiro atoms. The van der Waals surface area contributed by atoms with Gasteiger partial charge in [-0.15, -0.1) is 0 Å². The third kappa shape index (κ3) is 4.18. The predicted molar refractivity (Wildman–Crippen MR) is 75.2 cm³/mol. The van der Waals surface area contributed by atoms with E-state index in [4.69, 9.17) is 0 Å². The van der Waals surface area contributed by atoms with E-state index in [2.05, 4.69) is 32.3 Å². The summed E-state index contributed by atoms with van der Waals surface area (Å²) in [7, 11) is 0. The average molecular weight is 258 g/mol. The lowest BCUT2D eigenvalue weighted by atomic mass is 10.0. The summed E-state index contributed by atoms with van der Waals surface area (Å²) in [5.41, 5.74) is 0. The van der Waals surface area contributed by atoms with Gasteiger partial charge in [-0.2, -0.15) is 11.8 Å². The Bertz CT molecular complexity index is 246. The van der Waals surface area contributed by atoms with E-state index in [1.165, 1.54) is 0 Å². The minimum atomic E-state index is 0.0495. The normalized spacial score (nSPS) is 25.0. The molecule has 1 aliphatic heterocycles. The van der Waals surface area contributed by atoms with Gasteiger partial charge in [-0.1, -0.05) is 27.2 Å². The minimum Gasteiger partial charge on any atom is -0.325 e. The molecule has 1 N–H and O–H groups in total. The Morgan fingerprint density at radius 3 is 2.71 bits per heavy atom. The molecule has 1 rings (SSSR count). The fraction of sp³-hybridized carbons (Fsp3) is 0.923. The number of hydrogen-bond acceptors (Lipinski definition) is 3. The SMILES string of the molecule is CCCC1NC(CC(C)C)C(=O)N1CCSC. The van der Waals surface area contributed by atoms with Crippen molar-refractivity contribution >= 4 is 17.7 Å². The molecule has 1 saturated heterocycles. The van der Waals surface area contributed by atoms with Crippen LogP contribution in [0, 0.1) is 5.92 Å². The van der Waals surface area contributed by atoms with E-state index in [1.807, 2.05) is 4.90 Å². The van der Waals surface area contributed by atoms with Crippen molar-refractivity contribution in [2.45, 2.75) is 52.2 Å². The van der Waals surface area contributed by atoms with Crippen molar-refractivity contribution in [2.24, 2.45) is 5.92 Å². The van der Waals surface area contributed by atoms with Crippen LogP contribution < -0.4 is 5.32 Å². The summed E-state index contributed by atoms with van der Waals surface area (Å²) in [6, 6.07) is 0.0495. The van der Waals surface area contributed by atoms with E-state index in [0.717, 1.165) is 31.6 Å². The largest absolute Gasteiger partial charge is 0.325 e. The summed E-state index contributed by atoms with van der Waals surface area (Å²) < 4.78 is 0. The number of carbonyl (C=O) groups excluding carboxylic acids is 1. The molecule has 2 unspecified atom stereocenters. The Morgan fingerprint density at radius 2 is 2.18 bits per heavy atom. The highest BCUT2D eigenvalue weighted by atomic mass is 32.2. The molecule has 0 bridgehead atoms. The fourth-order valence-electron chi connectivity index (χ4n) is 2.36. The maximum Gasteiger partial charge on any atom is 0.241 e. The van der Waals surface area contributed by atoms with E-state index in [9.17, 15) is 4.79 Å². The molecule has 0 aromatic heterocycles. The zero-order valence-electron chi connectivity index (χ0n) is 11.5. The third-order valence-corrected chi connectivity index (χ3v) is 3.75. The second-order valence-electron chi connectivity index (χ2n) is 5.18. The van der Waals surface area contributed by atoms with Gasteiger partial charge in [-0.25, -0.2) is 0 Å². The number of rotatable bonds is 7. The van der Waals surface area contributed by atoms with Crippen LogP contribution in [0.25, 0.3) is 0 Å². The lowest BCUT2D eigenvalue weighted by Gasteiger charge is -2.23. The van der Waals surface area contributed by atoms with Crippen molar-refractivity contribution in [3.63, 3.8) is 0 Å². The molecule has 0 radical (unpaired) electrons. The molecular formula is C13H26N2OS. The molecular weight excluding hydrogens is 232 g/mol. The Morgan fingerprint density at radius 1 is 1.47 bits per heavy atom. The molecule has 0 saturated carbocycles. The number of amides is 1. The summed E-state index contributed by atoms with van der Waals surface area (Å²) in [5, 5.41) is 3.50. The maximum absolute atomic E-state index is 12.3. The maximum atomic E-state index is 12.3. The Hall–Kier alpha value is -0.220.